The van der Waals surface area contributed by atoms with Crippen molar-refractivity contribution < 1.29 is 4.74 Å². The summed E-state index contributed by atoms with van der Waals surface area (Å²) in [6.45, 7) is 2.69. The molecule has 0 saturated carbocycles. The van der Waals surface area contributed by atoms with Crippen LogP contribution >= 0.6 is 0 Å². The fourth-order valence-corrected chi connectivity index (χ4v) is 1.50. The van der Waals surface area contributed by atoms with Gasteiger partial charge in [-0.05, 0) is 18.1 Å². The van der Waals surface area contributed by atoms with Crippen molar-refractivity contribution in [1.82, 2.24) is 0 Å². The van der Waals surface area contributed by atoms with Gasteiger partial charge < -0.3 is 10.5 Å². The van der Waals surface area contributed by atoms with Crippen LogP contribution in [0.3, 0.4) is 0 Å². The molecule has 96 valence electrons. The lowest BCUT2D eigenvalue weighted by atomic mass is 10.1. The van der Waals surface area contributed by atoms with E-state index in [9.17, 15) is 0 Å². The third-order valence-electron chi connectivity index (χ3n) is 2.48. The normalized spacial score (nSPS) is 11.3. The molecule has 2 aromatic rings. The maximum Gasteiger partial charge on any atom is 0.0713 e. The first kappa shape index (κ1) is 14.4. The fourth-order valence-electron chi connectivity index (χ4n) is 1.50. The molecule has 0 aromatic heterocycles. The molecule has 0 aliphatic carbocycles. The Labute approximate surface area is 109 Å². The van der Waals surface area contributed by atoms with Gasteiger partial charge >= 0.3 is 0 Å². The maximum absolute atomic E-state index is 5.61. The summed E-state index contributed by atoms with van der Waals surface area (Å²) in [5, 5.41) is 0. The number of hydrogen-bond donors (Lipinski definition) is 1. The lowest BCUT2D eigenvalue weighted by Gasteiger charge is -2.02. The smallest absolute Gasteiger partial charge is 0.0713 e. The SMILES string of the molecule is CC(N)c1ccccc1.COCc1ccccc1. The molecule has 0 bridgehead atoms. The van der Waals surface area contributed by atoms with Crippen molar-refractivity contribution in [1.29, 1.82) is 0 Å². The Hall–Kier alpha value is -1.64. The van der Waals surface area contributed by atoms with E-state index in [-0.39, 0.29) is 6.04 Å². The Balaban J connectivity index is 0.000000180. The molecule has 0 heterocycles. The Morgan fingerprint density at radius 2 is 1.44 bits per heavy atom. The molecule has 2 heteroatoms. The van der Waals surface area contributed by atoms with Gasteiger partial charge in [0.15, 0.2) is 0 Å². The van der Waals surface area contributed by atoms with Gasteiger partial charge in [0.2, 0.25) is 0 Å². The summed E-state index contributed by atoms with van der Waals surface area (Å²) < 4.78 is 4.93. The molecule has 0 aliphatic heterocycles. The van der Waals surface area contributed by atoms with E-state index in [1.165, 1.54) is 11.1 Å². The summed E-state index contributed by atoms with van der Waals surface area (Å²) in [5.41, 5.74) is 8.03. The van der Waals surface area contributed by atoms with Crippen molar-refractivity contribution in [3.8, 4) is 0 Å². The Morgan fingerprint density at radius 1 is 0.944 bits per heavy atom. The van der Waals surface area contributed by atoms with Gasteiger partial charge in [-0.25, -0.2) is 0 Å². The Kier molecular flexibility index (Phi) is 6.77. The van der Waals surface area contributed by atoms with Crippen molar-refractivity contribution in [2.75, 3.05) is 7.11 Å². The second kappa shape index (κ2) is 8.45. The molecule has 0 aliphatic rings. The fraction of sp³-hybridized carbons (Fsp3) is 0.250. The predicted octanol–water partition coefficient (Wildman–Crippen LogP) is 3.54. The standard InChI is InChI=1S/C8H11N.C8H10O/c1-7(9)8-5-3-2-4-6-8;1-9-7-8-5-3-2-4-6-8/h2-7H,9H2,1H3;2-6H,7H2,1H3. The van der Waals surface area contributed by atoms with Crippen LogP contribution in [0.4, 0.5) is 0 Å². The van der Waals surface area contributed by atoms with Crippen molar-refractivity contribution in [2.45, 2.75) is 19.6 Å². The zero-order valence-electron chi connectivity index (χ0n) is 11.0. The highest BCUT2D eigenvalue weighted by atomic mass is 16.5. The number of nitrogens with two attached hydrogens (primary N) is 1. The first-order valence-corrected chi connectivity index (χ1v) is 6.07. The van der Waals surface area contributed by atoms with Crippen molar-refractivity contribution in [2.24, 2.45) is 5.73 Å². The summed E-state index contributed by atoms with van der Waals surface area (Å²) in [6, 6.07) is 20.3. The zero-order valence-corrected chi connectivity index (χ0v) is 11.0. The molecule has 2 aromatic carbocycles. The van der Waals surface area contributed by atoms with E-state index in [2.05, 4.69) is 0 Å². The van der Waals surface area contributed by atoms with Gasteiger partial charge in [0.1, 0.15) is 0 Å². The average molecular weight is 243 g/mol. The van der Waals surface area contributed by atoms with E-state index in [0.717, 1.165) is 0 Å². The zero-order chi connectivity index (χ0) is 13.2. The third kappa shape index (κ3) is 5.62. The second-order valence-corrected chi connectivity index (χ2v) is 4.12. The first-order valence-electron chi connectivity index (χ1n) is 6.07. The molecule has 0 spiro atoms. The van der Waals surface area contributed by atoms with Crippen LogP contribution in [0.1, 0.15) is 24.1 Å². The number of hydrogen-bond acceptors (Lipinski definition) is 2. The molecule has 2 nitrogen and oxygen atoms in total. The van der Waals surface area contributed by atoms with Crippen LogP contribution < -0.4 is 5.73 Å². The van der Waals surface area contributed by atoms with Gasteiger partial charge in [-0.3, -0.25) is 0 Å². The van der Waals surface area contributed by atoms with Crippen molar-refractivity contribution in [3.05, 3.63) is 71.8 Å². The van der Waals surface area contributed by atoms with Crippen LogP contribution in [0.2, 0.25) is 0 Å². The minimum absolute atomic E-state index is 0.159. The molecule has 18 heavy (non-hydrogen) atoms. The van der Waals surface area contributed by atoms with Gasteiger partial charge in [0, 0.05) is 13.2 Å². The monoisotopic (exact) mass is 243 g/mol. The Morgan fingerprint density at radius 3 is 1.83 bits per heavy atom. The summed E-state index contributed by atoms with van der Waals surface area (Å²) in [4.78, 5) is 0. The van der Waals surface area contributed by atoms with Crippen LogP contribution in [-0.4, -0.2) is 7.11 Å². The Bertz CT molecular complexity index is 412. The average Bonchev–Trinajstić information content (AvgIpc) is 2.42. The number of methoxy groups -OCH3 is 1. The number of ether oxygens (including phenoxy) is 1. The number of rotatable bonds is 3. The van der Waals surface area contributed by atoms with E-state index in [4.69, 9.17) is 10.5 Å². The highest BCUT2D eigenvalue weighted by Gasteiger charge is 1.93. The molecule has 2 rings (SSSR count). The van der Waals surface area contributed by atoms with E-state index in [1.807, 2.05) is 67.6 Å². The molecule has 2 N–H and O–H groups in total. The van der Waals surface area contributed by atoms with Gasteiger partial charge in [-0.15, -0.1) is 0 Å². The van der Waals surface area contributed by atoms with Crippen LogP contribution in [-0.2, 0) is 11.3 Å². The molecule has 0 saturated heterocycles. The number of benzene rings is 2. The molecule has 0 fully saturated rings. The van der Waals surface area contributed by atoms with Gasteiger partial charge in [-0.1, -0.05) is 60.7 Å². The molecule has 0 radical (unpaired) electrons. The second-order valence-electron chi connectivity index (χ2n) is 4.12. The first-order chi connectivity index (χ1) is 8.74. The molecular weight excluding hydrogens is 222 g/mol. The topological polar surface area (TPSA) is 35.2 Å². The van der Waals surface area contributed by atoms with Crippen LogP contribution in [0.5, 0.6) is 0 Å². The van der Waals surface area contributed by atoms with Crippen molar-refractivity contribution in [3.63, 3.8) is 0 Å². The lowest BCUT2D eigenvalue weighted by molar-refractivity contribution is 0.185. The molecule has 0 amide bonds. The predicted molar refractivity (Wildman–Crippen MR) is 76.2 cm³/mol. The van der Waals surface area contributed by atoms with E-state index in [0.29, 0.717) is 6.61 Å². The van der Waals surface area contributed by atoms with Gasteiger partial charge in [0.05, 0.1) is 6.61 Å². The van der Waals surface area contributed by atoms with Gasteiger partial charge in [0.25, 0.3) is 0 Å². The quantitative estimate of drug-likeness (QED) is 0.895. The van der Waals surface area contributed by atoms with Crippen LogP contribution in [0.15, 0.2) is 60.7 Å². The molecule has 1 unspecified atom stereocenters. The van der Waals surface area contributed by atoms with Crippen molar-refractivity contribution >= 4 is 0 Å². The summed E-state index contributed by atoms with van der Waals surface area (Å²) >= 11 is 0. The minimum atomic E-state index is 0.159. The van der Waals surface area contributed by atoms with Crippen LogP contribution in [0, 0.1) is 0 Å². The third-order valence-corrected chi connectivity index (χ3v) is 2.48. The minimum Gasteiger partial charge on any atom is -0.380 e. The molecule has 1 atom stereocenters. The maximum atomic E-state index is 5.61. The van der Waals surface area contributed by atoms with E-state index in [1.54, 1.807) is 7.11 Å². The summed E-state index contributed by atoms with van der Waals surface area (Å²) in [6.07, 6.45) is 0. The summed E-state index contributed by atoms with van der Waals surface area (Å²) in [7, 11) is 1.70. The van der Waals surface area contributed by atoms with E-state index >= 15 is 0 Å². The highest BCUT2D eigenvalue weighted by molar-refractivity contribution is 5.17. The van der Waals surface area contributed by atoms with Crippen LogP contribution in [0.25, 0.3) is 0 Å². The lowest BCUT2D eigenvalue weighted by Crippen LogP contribution is -2.03. The molecular formula is C16H21NO. The largest absolute Gasteiger partial charge is 0.380 e. The van der Waals surface area contributed by atoms with Gasteiger partial charge in [-0.2, -0.15) is 0 Å². The van der Waals surface area contributed by atoms with E-state index < -0.39 is 0 Å². The summed E-state index contributed by atoms with van der Waals surface area (Å²) in [5.74, 6) is 0. The highest BCUT2D eigenvalue weighted by Crippen LogP contribution is 2.06.